The molecule has 27 heavy (non-hydrogen) atoms. The molecule has 4 rings (SSSR count). The zero-order chi connectivity index (χ0) is 19.4. The zero-order valence-corrected chi connectivity index (χ0v) is 14.2. The molecule has 2 aliphatic heterocycles. The Morgan fingerprint density at radius 2 is 1.44 bits per heavy atom. The summed E-state index contributed by atoms with van der Waals surface area (Å²) >= 11 is 0. The molecule has 2 aromatic rings. The standard InChI is InChI=1S/C19H16F6N2/c20-18(21,22)14-7-12(8-15(9-14)19(23,24)25)16-2-1-13(10-26-16)17-3-5-27(11-17)6-4-17/h1-2,7-10H,3-6,11H2. The van der Waals surface area contributed by atoms with E-state index in [1.165, 1.54) is 6.07 Å². The van der Waals surface area contributed by atoms with Crippen LogP contribution in [0.25, 0.3) is 11.3 Å². The second kappa shape index (κ2) is 5.95. The van der Waals surface area contributed by atoms with Crippen molar-refractivity contribution in [3.63, 3.8) is 0 Å². The largest absolute Gasteiger partial charge is 0.416 e. The number of benzene rings is 1. The van der Waals surface area contributed by atoms with Crippen molar-refractivity contribution in [3.05, 3.63) is 53.2 Å². The summed E-state index contributed by atoms with van der Waals surface area (Å²) in [6.45, 7) is 2.93. The first-order valence-electron chi connectivity index (χ1n) is 8.56. The van der Waals surface area contributed by atoms with Crippen molar-refractivity contribution in [1.82, 2.24) is 9.88 Å². The Hall–Kier alpha value is -2.09. The first-order chi connectivity index (χ1) is 12.6. The Balaban J connectivity index is 1.72. The second-order valence-corrected chi connectivity index (χ2v) is 7.28. The third-order valence-electron chi connectivity index (χ3n) is 5.60. The lowest BCUT2D eigenvalue weighted by Gasteiger charge is -2.25. The third-order valence-corrected chi connectivity index (χ3v) is 5.60. The molecule has 2 fully saturated rings. The highest BCUT2D eigenvalue weighted by molar-refractivity contribution is 5.62. The van der Waals surface area contributed by atoms with Gasteiger partial charge < -0.3 is 4.90 Å². The molecular weight excluding hydrogens is 370 g/mol. The molecule has 2 aliphatic rings. The van der Waals surface area contributed by atoms with E-state index in [0.29, 0.717) is 12.1 Å². The van der Waals surface area contributed by atoms with E-state index in [9.17, 15) is 26.3 Å². The van der Waals surface area contributed by atoms with Crippen LogP contribution in [0.5, 0.6) is 0 Å². The topological polar surface area (TPSA) is 16.1 Å². The summed E-state index contributed by atoms with van der Waals surface area (Å²) in [5.74, 6) is 0. The number of rotatable bonds is 2. The average molecular weight is 386 g/mol. The minimum Gasteiger partial charge on any atom is -0.302 e. The Bertz CT molecular complexity index is 814. The summed E-state index contributed by atoms with van der Waals surface area (Å²) in [7, 11) is 0. The number of fused-ring (bicyclic) bond motifs is 2. The second-order valence-electron chi connectivity index (χ2n) is 7.28. The van der Waals surface area contributed by atoms with Gasteiger partial charge in [-0.15, -0.1) is 0 Å². The van der Waals surface area contributed by atoms with Crippen molar-refractivity contribution in [3.8, 4) is 11.3 Å². The van der Waals surface area contributed by atoms with Gasteiger partial charge in [-0.3, -0.25) is 4.98 Å². The molecular formula is C19H16F6N2. The van der Waals surface area contributed by atoms with E-state index in [2.05, 4.69) is 9.88 Å². The van der Waals surface area contributed by atoms with Crippen molar-refractivity contribution < 1.29 is 26.3 Å². The van der Waals surface area contributed by atoms with Crippen LogP contribution in [0.15, 0.2) is 36.5 Å². The van der Waals surface area contributed by atoms with E-state index in [0.717, 1.165) is 38.0 Å². The number of hydrogen-bond donors (Lipinski definition) is 0. The van der Waals surface area contributed by atoms with Gasteiger partial charge in [0.25, 0.3) is 0 Å². The van der Waals surface area contributed by atoms with Gasteiger partial charge in [-0.2, -0.15) is 26.3 Å². The van der Waals surface area contributed by atoms with Crippen LogP contribution in [0.2, 0.25) is 0 Å². The molecule has 0 spiro atoms. The van der Waals surface area contributed by atoms with Gasteiger partial charge in [-0.05, 0) is 55.8 Å². The Morgan fingerprint density at radius 1 is 0.852 bits per heavy atom. The predicted octanol–water partition coefficient (Wildman–Crippen LogP) is 5.13. The molecule has 0 saturated carbocycles. The van der Waals surface area contributed by atoms with Gasteiger partial charge in [0.1, 0.15) is 0 Å². The molecule has 2 bridgehead atoms. The van der Waals surface area contributed by atoms with Crippen molar-refractivity contribution in [2.45, 2.75) is 30.6 Å². The lowest BCUT2D eigenvalue weighted by atomic mass is 9.78. The lowest BCUT2D eigenvalue weighted by molar-refractivity contribution is -0.143. The van der Waals surface area contributed by atoms with Gasteiger partial charge in [0.2, 0.25) is 0 Å². The number of halogens is 6. The molecule has 2 saturated heterocycles. The Kier molecular flexibility index (Phi) is 4.03. The molecule has 0 N–H and O–H groups in total. The van der Waals surface area contributed by atoms with Gasteiger partial charge in [-0.1, -0.05) is 6.07 Å². The van der Waals surface area contributed by atoms with Gasteiger partial charge in [-0.25, -0.2) is 0 Å². The summed E-state index contributed by atoms with van der Waals surface area (Å²) < 4.78 is 78.2. The van der Waals surface area contributed by atoms with Crippen LogP contribution in [0, 0.1) is 0 Å². The van der Waals surface area contributed by atoms with E-state index in [1.807, 2.05) is 0 Å². The summed E-state index contributed by atoms with van der Waals surface area (Å²) in [5.41, 5.74) is -1.76. The number of piperidine rings is 1. The fourth-order valence-electron chi connectivity index (χ4n) is 4.09. The summed E-state index contributed by atoms with van der Waals surface area (Å²) in [4.78, 5) is 6.54. The highest BCUT2D eigenvalue weighted by Gasteiger charge is 2.45. The lowest BCUT2D eigenvalue weighted by Crippen LogP contribution is -2.24. The fourth-order valence-corrected chi connectivity index (χ4v) is 4.09. The van der Waals surface area contributed by atoms with Gasteiger partial charge >= 0.3 is 12.4 Å². The number of pyridine rings is 1. The Labute approximate surface area is 151 Å². The molecule has 2 nitrogen and oxygen atoms in total. The molecule has 0 radical (unpaired) electrons. The smallest absolute Gasteiger partial charge is 0.302 e. The van der Waals surface area contributed by atoms with E-state index in [1.54, 1.807) is 12.3 Å². The maximum atomic E-state index is 13.0. The summed E-state index contributed by atoms with van der Waals surface area (Å²) in [6.07, 6.45) is -6.15. The van der Waals surface area contributed by atoms with Crippen molar-refractivity contribution >= 4 is 0 Å². The molecule has 8 heteroatoms. The molecule has 144 valence electrons. The van der Waals surface area contributed by atoms with Crippen LogP contribution in [0.4, 0.5) is 26.3 Å². The average Bonchev–Trinajstić information content (AvgIpc) is 3.22. The summed E-state index contributed by atoms with van der Waals surface area (Å²) in [5, 5.41) is 0. The molecule has 0 unspecified atom stereocenters. The minimum absolute atomic E-state index is 0.0104. The van der Waals surface area contributed by atoms with Crippen LogP contribution in [0.1, 0.15) is 29.5 Å². The number of hydrogen-bond acceptors (Lipinski definition) is 2. The van der Waals surface area contributed by atoms with E-state index >= 15 is 0 Å². The maximum absolute atomic E-state index is 13.0. The highest BCUT2D eigenvalue weighted by atomic mass is 19.4. The number of alkyl halides is 6. The molecule has 1 aromatic heterocycles. The number of nitrogens with zero attached hydrogens (tertiary/aromatic N) is 2. The fraction of sp³-hybridized carbons (Fsp3) is 0.421. The molecule has 0 amide bonds. The molecule has 0 atom stereocenters. The van der Waals surface area contributed by atoms with E-state index in [4.69, 9.17) is 0 Å². The van der Waals surface area contributed by atoms with Crippen molar-refractivity contribution in [2.75, 3.05) is 19.6 Å². The zero-order valence-electron chi connectivity index (χ0n) is 14.2. The SMILES string of the molecule is FC(F)(F)c1cc(-c2ccc(C34CCN(CC3)C4)cn2)cc(C(F)(F)F)c1. The van der Waals surface area contributed by atoms with Crippen LogP contribution < -0.4 is 0 Å². The van der Waals surface area contributed by atoms with Gasteiger partial charge in [0.05, 0.1) is 16.8 Å². The first kappa shape index (κ1) is 18.3. The van der Waals surface area contributed by atoms with Crippen molar-refractivity contribution in [1.29, 1.82) is 0 Å². The molecule has 1 aromatic carbocycles. The van der Waals surface area contributed by atoms with Crippen molar-refractivity contribution in [2.24, 2.45) is 0 Å². The quantitative estimate of drug-likeness (QED) is 0.665. The maximum Gasteiger partial charge on any atom is 0.416 e. The van der Waals surface area contributed by atoms with E-state index in [-0.39, 0.29) is 22.7 Å². The van der Waals surface area contributed by atoms with Gasteiger partial charge in [0.15, 0.2) is 0 Å². The van der Waals surface area contributed by atoms with E-state index < -0.39 is 23.5 Å². The van der Waals surface area contributed by atoms with Crippen LogP contribution in [0.3, 0.4) is 0 Å². The van der Waals surface area contributed by atoms with Crippen LogP contribution in [-0.4, -0.2) is 29.5 Å². The normalized spacial score (nSPS) is 25.2. The number of aromatic nitrogens is 1. The van der Waals surface area contributed by atoms with Gasteiger partial charge in [0, 0.05) is 23.7 Å². The molecule has 3 heterocycles. The monoisotopic (exact) mass is 386 g/mol. The predicted molar refractivity (Wildman–Crippen MR) is 87.0 cm³/mol. The first-order valence-corrected chi connectivity index (χ1v) is 8.56. The van der Waals surface area contributed by atoms with Crippen LogP contribution >= 0.6 is 0 Å². The summed E-state index contributed by atoms with van der Waals surface area (Å²) in [6, 6.07) is 4.85. The highest BCUT2D eigenvalue weighted by Crippen LogP contribution is 2.43. The third kappa shape index (κ3) is 3.31. The molecule has 0 aliphatic carbocycles. The Morgan fingerprint density at radius 3 is 1.85 bits per heavy atom. The minimum atomic E-state index is -4.87. The van der Waals surface area contributed by atoms with Crippen LogP contribution in [-0.2, 0) is 17.8 Å².